The summed E-state index contributed by atoms with van der Waals surface area (Å²) in [5.74, 6) is 0.917. The average molecular weight is 309 g/mol. The van der Waals surface area contributed by atoms with E-state index in [2.05, 4.69) is 4.98 Å². The molecule has 0 amide bonds. The number of nitrogens with zero attached hydrogens (tertiary/aromatic N) is 2. The van der Waals surface area contributed by atoms with Crippen molar-refractivity contribution < 1.29 is 12.8 Å². The molecule has 2 rings (SSSR count). The van der Waals surface area contributed by atoms with Crippen molar-refractivity contribution in [1.29, 1.82) is 0 Å². The summed E-state index contributed by atoms with van der Waals surface area (Å²) in [5.41, 5.74) is 7.06. The standard InChI is InChI=1S/C14H19N3O3S/c1-10-13(8-15)14(11(2)20-10)21(18,19)17(3)9-12-4-6-16-7-5-12/h4-7H,8-9,15H2,1-3H3. The van der Waals surface area contributed by atoms with Crippen LogP contribution >= 0.6 is 0 Å². The van der Waals surface area contributed by atoms with Crippen molar-refractivity contribution in [3.63, 3.8) is 0 Å². The van der Waals surface area contributed by atoms with Crippen molar-refractivity contribution in [2.24, 2.45) is 5.73 Å². The normalized spacial score (nSPS) is 12.0. The Kier molecular flexibility index (Phi) is 4.46. The Balaban J connectivity index is 2.38. The van der Waals surface area contributed by atoms with E-state index in [0.29, 0.717) is 17.1 Å². The lowest BCUT2D eigenvalue weighted by Crippen LogP contribution is -2.27. The molecule has 0 saturated heterocycles. The van der Waals surface area contributed by atoms with Gasteiger partial charge in [-0.1, -0.05) is 0 Å². The maximum atomic E-state index is 12.7. The van der Waals surface area contributed by atoms with Crippen LogP contribution in [0, 0.1) is 13.8 Å². The first-order chi connectivity index (χ1) is 9.87. The molecule has 0 unspecified atom stereocenters. The van der Waals surface area contributed by atoms with Gasteiger partial charge in [0, 0.05) is 38.1 Å². The number of pyridine rings is 1. The number of sulfonamides is 1. The van der Waals surface area contributed by atoms with Gasteiger partial charge in [0.1, 0.15) is 16.4 Å². The van der Waals surface area contributed by atoms with Crippen LogP contribution in [0.5, 0.6) is 0 Å². The van der Waals surface area contributed by atoms with E-state index < -0.39 is 10.0 Å². The van der Waals surface area contributed by atoms with Gasteiger partial charge in [0.15, 0.2) is 0 Å². The second kappa shape index (κ2) is 5.97. The summed E-state index contributed by atoms with van der Waals surface area (Å²) >= 11 is 0. The Labute approximate surface area is 124 Å². The second-order valence-electron chi connectivity index (χ2n) is 4.84. The Hall–Kier alpha value is -1.70. The summed E-state index contributed by atoms with van der Waals surface area (Å²) in [7, 11) is -2.11. The van der Waals surface area contributed by atoms with Gasteiger partial charge in [-0.05, 0) is 31.5 Å². The molecule has 0 aliphatic heterocycles. The fourth-order valence-corrected chi connectivity index (χ4v) is 3.84. The predicted molar refractivity (Wildman–Crippen MR) is 79.0 cm³/mol. The maximum Gasteiger partial charge on any atom is 0.246 e. The molecule has 21 heavy (non-hydrogen) atoms. The van der Waals surface area contributed by atoms with Crippen molar-refractivity contribution in [3.8, 4) is 0 Å². The van der Waals surface area contributed by atoms with Gasteiger partial charge in [-0.25, -0.2) is 8.42 Å². The number of hydrogen-bond acceptors (Lipinski definition) is 5. The highest BCUT2D eigenvalue weighted by Crippen LogP contribution is 2.29. The van der Waals surface area contributed by atoms with Crippen LogP contribution < -0.4 is 5.73 Å². The van der Waals surface area contributed by atoms with E-state index in [0.717, 1.165) is 5.56 Å². The summed E-state index contributed by atoms with van der Waals surface area (Å²) in [6.45, 7) is 3.75. The number of hydrogen-bond donors (Lipinski definition) is 1. The van der Waals surface area contributed by atoms with Crippen LogP contribution in [-0.2, 0) is 23.1 Å². The molecule has 2 N–H and O–H groups in total. The van der Waals surface area contributed by atoms with Crippen molar-refractivity contribution in [1.82, 2.24) is 9.29 Å². The molecule has 0 spiro atoms. The van der Waals surface area contributed by atoms with Crippen LogP contribution in [0.1, 0.15) is 22.6 Å². The molecule has 0 saturated carbocycles. The smallest absolute Gasteiger partial charge is 0.246 e. The SMILES string of the molecule is Cc1oc(C)c(S(=O)(=O)N(C)Cc2ccncc2)c1CN. The Morgan fingerprint density at radius 1 is 1.24 bits per heavy atom. The fourth-order valence-electron chi connectivity index (χ4n) is 2.27. The minimum absolute atomic E-state index is 0.126. The molecular formula is C14H19N3O3S. The maximum absolute atomic E-state index is 12.7. The zero-order chi connectivity index (χ0) is 15.6. The highest BCUT2D eigenvalue weighted by atomic mass is 32.2. The molecule has 0 aromatic carbocycles. The zero-order valence-corrected chi connectivity index (χ0v) is 13.1. The average Bonchev–Trinajstić information content (AvgIpc) is 2.74. The largest absolute Gasteiger partial charge is 0.465 e. The van der Waals surface area contributed by atoms with Gasteiger partial charge in [-0.3, -0.25) is 4.98 Å². The van der Waals surface area contributed by atoms with Gasteiger partial charge in [-0.15, -0.1) is 0 Å². The molecule has 0 radical (unpaired) electrons. The molecule has 2 aromatic heterocycles. The van der Waals surface area contributed by atoms with Gasteiger partial charge >= 0.3 is 0 Å². The third-order valence-electron chi connectivity index (χ3n) is 3.35. The molecule has 114 valence electrons. The molecular weight excluding hydrogens is 290 g/mol. The third kappa shape index (κ3) is 2.99. The Bertz CT molecular complexity index is 723. The van der Waals surface area contributed by atoms with Crippen LogP contribution in [0.4, 0.5) is 0 Å². The second-order valence-corrected chi connectivity index (χ2v) is 6.82. The van der Waals surface area contributed by atoms with Crippen molar-refractivity contribution in [2.45, 2.75) is 31.8 Å². The first kappa shape index (κ1) is 15.7. The molecule has 6 nitrogen and oxygen atoms in total. The first-order valence-corrected chi connectivity index (χ1v) is 7.96. The quantitative estimate of drug-likeness (QED) is 0.905. The summed E-state index contributed by atoms with van der Waals surface area (Å²) in [5, 5.41) is 0. The van der Waals surface area contributed by atoms with Crippen LogP contribution in [-0.4, -0.2) is 24.8 Å². The van der Waals surface area contributed by atoms with E-state index in [4.69, 9.17) is 10.2 Å². The van der Waals surface area contributed by atoms with Gasteiger partial charge < -0.3 is 10.2 Å². The fraction of sp³-hybridized carbons (Fsp3) is 0.357. The van der Waals surface area contributed by atoms with Crippen molar-refractivity contribution >= 4 is 10.0 Å². The van der Waals surface area contributed by atoms with Crippen molar-refractivity contribution in [2.75, 3.05) is 7.05 Å². The highest BCUT2D eigenvalue weighted by molar-refractivity contribution is 7.89. The summed E-state index contributed by atoms with van der Waals surface area (Å²) in [6, 6.07) is 3.56. The highest BCUT2D eigenvalue weighted by Gasteiger charge is 2.29. The van der Waals surface area contributed by atoms with E-state index >= 15 is 0 Å². The monoisotopic (exact) mass is 309 g/mol. The van der Waals surface area contributed by atoms with E-state index in [1.807, 2.05) is 0 Å². The van der Waals surface area contributed by atoms with Crippen LogP contribution in [0.15, 0.2) is 33.8 Å². The van der Waals surface area contributed by atoms with Crippen LogP contribution in [0.2, 0.25) is 0 Å². The minimum atomic E-state index is -3.65. The molecule has 2 heterocycles. The molecule has 0 aliphatic rings. The summed E-state index contributed by atoms with van der Waals surface area (Å²) < 4.78 is 32.2. The van der Waals surface area contributed by atoms with Gasteiger partial charge in [0.05, 0.1) is 0 Å². The lowest BCUT2D eigenvalue weighted by Gasteiger charge is -2.17. The molecule has 0 fully saturated rings. The first-order valence-electron chi connectivity index (χ1n) is 6.52. The van der Waals surface area contributed by atoms with Gasteiger partial charge in [-0.2, -0.15) is 4.31 Å². The van der Waals surface area contributed by atoms with E-state index in [1.54, 1.807) is 38.4 Å². The molecule has 0 aliphatic carbocycles. The number of furan rings is 1. The number of rotatable bonds is 5. The number of aromatic nitrogens is 1. The predicted octanol–water partition coefficient (Wildman–Crippen LogP) is 1.57. The molecule has 0 bridgehead atoms. The topological polar surface area (TPSA) is 89.4 Å². The van der Waals surface area contributed by atoms with E-state index in [-0.39, 0.29) is 18.0 Å². The van der Waals surface area contributed by atoms with E-state index in [1.165, 1.54) is 11.4 Å². The molecule has 2 aromatic rings. The van der Waals surface area contributed by atoms with Crippen LogP contribution in [0.25, 0.3) is 0 Å². The number of nitrogens with two attached hydrogens (primary N) is 1. The zero-order valence-electron chi connectivity index (χ0n) is 12.3. The Morgan fingerprint density at radius 3 is 2.43 bits per heavy atom. The summed E-state index contributed by atoms with van der Waals surface area (Å²) in [4.78, 5) is 4.10. The third-order valence-corrected chi connectivity index (χ3v) is 5.35. The van der Waals surface area contributed by atoms with Gasteiger partial charge in [0.25, 0.3) is 0 Å². The lowest BCUT2D eigenvalue weighted by molar-refractivity contribution is 0.459. The van der Waals surface area contributed by atoms with Gasteiger partial charge in [0.2, 0.25) is 10.0 Å². The number of aryl methyl sites for hydroxylation is 2. The van der Waals surface area contributed by atoms with Crippen molar-refractivity contribution in [3.05, 3.63) is 47.2 Å². The van der Waals surface area contributed by atoms with Crippen LogP contribution in [0.3, 0.4) is 0 Å². The molecule has 0 atom stereocenters. The molecule has 7 heteroatoms. The lowest BCUT2D eigenvalue weighted by atomic mass is 10.2. The summed E-state index contributed by atoms with van der Waals surface area (Å²) in [6.07, 6.45) is 3.27. The van der Waals surface area contributed by atoms with E-state index in [9.17, 15) is 8.42 Å². The minimum Gasteiger partial charge on any atom is -0.465 e. The Morgan fingerprint density at radius 2 is 1.86 bits per heavy atom.